The number of nitrogens with zero attached hydrogens (tertiary/aromatic N) is 3. The molecule has 0 amide bonds. The van der Waals surface area contributed by atoms with Gasteiger partial charge in [0, 0.05) is 50.6 Å². The molecule has 0 N–H and O–H groups in total. The van der Waals surface area contributed by atoms with Crippen molar-refractivity contribution >= 4 is 59.6 Å². The molecular weight excluding hydrogens is 751 g/mol. The summed E-state index contributed by atoms with van der Waals surface area (Å²) in [5.74, 6) is -0.107. The fourth-order valence-corrected chi connectivity index (χ4v) is 14.5. The number of rotatable bonds is 0. The van der Waals surface area contributed by atoms with Crippen molar-refractivity contribution in [3.63, 3.8) is 0 Å². The van der Waals surface area contributed by atoms with Gasteiger partial charge in [-0.1, -0.05) is 141 Å². The second kappa shape index (κ2) is 10.2. The van der Waals surface area contributed by atoms with Crippen molar-refractivity contribution in [2.24, 2.45) is 0 Å². The van der Waals surface area contributed by atoms with Crippen LogP contribution in [0.2, 0.25) is 0 Å². The molecule has 0 saturated carbocycles. The maximum Gasteiger partial charge on any atom is 0.0995 e. The van der Waals surface area contributed by atoms with Crippen molar-refractivity contribution in [3.8, 4) is 12.1 Å². The Labute approximate surface area is 356 Å². The van der Waals surface area contributed by atoms with Crippen LogP contribution in [0.1, 0.15) is 127 Å². The minimum absolute atomic E-state index is 0.0196. The Balaban J connectivity index is 1.20. The van der Waals surface area contributed by atoms with Gasteiger partial charge in [-0.25, -0.2) is 0 Å². The van der Waals surface area contributed by atoms with Gasteiger partial charge in [0.1, 0.15) is 0 Å². The van der Waals surface area contributed by atoms with E-state index in [9.17, 15) is 10.5 Å². The Morgan fingerprint density at radius 3 is 1.32 bits per heavy atom. The Morgan fingerprint density at radius 2 is 0.871 bits per heavy atom. The number of benzene rings is 9. The van der Waals surface area contributed by atoms with Gasteiger partial charge in [0.2, 0.25) is 0 Å². The minimum Gasteiger partial charge on any atom is -0.308 e. The molecule has 3 heteroatoms. The van der Waals surface area contributed by atoms with Crippen LogP contribution in [0.3, 0.4) is 0 Å². The molecule has 0 atom stereocenters. The maximum atomic E-state index is 11.4. The van der Waals surface area contributed by atoms with Gasteiger partial charge in [-0.05, 0) is 112 Å². The van der Waals surface area contributed by atoms with Gasteiger partial charge in [0.15, 0.2) is 0 Å². The molecule has 0 unspecified atom stereocenters. The molecule has 7 aliphatic carbocycles. The first kappa shape index (κ1) is 32.1. The van der Waals surface area contributed by atoms with Crippen LogP contribution < -0.4 is 0 Å². The van der Waals surface area contributed by atoms with Gasteiger partial charge in [-0.3, -0.25) is 0 Å². The standard InChI is InChI=1S/C59H33N3/c1-59(2)40-21-11-12-28-22-23-39-50(43(28)40)57(59)56-53-42(25-30(27-61)45-47-33-15-5-9-19-37(33)49(55(45)53)38-20-10-6-16-34(38)47)62-41-24-29(26-60)44-46-31-13-3-7-17-35(31)48(36-18-8-4-14-32(36)46)54(44)52(41)51(39)58(56)62/h3-25,46-49H,1-2H3. The minimum atomic E-state index is -0.299. The summed E-state index contributed by atoms with van der Waals surface area (Å²) in [4.78, 5) is 0. The lowest BCUT2D eigenvalue weighted by Gasteiger charge is -2.43. The molecule has 3 nitrogen and oxygen atoms in total. The molecule has 11 aromatic rings. The van der Waals surface area contributed by atoms with E-state index >= 15 is 0 Å². The van der Waals surface area contributed by atoms with Crippen LogP contribution in [-0.4, -0.2) is 4.40 Å². The molecule has 7 aliphatic rings. The summed E-state index contributed by atoms with van der Waals surface area (Å²) in [6, 6.07) is 57.5. The van der Waals surface area contributed by atoms with Crippen LogP contribution in [0, 0.1) is 22.7 Å². The van der Waals surface area contributed by atoms with E-state index in [2.05, 4.69) is 170 Å². The monoisotopic (exact) mass is 783 g/mol. The van der Waals surface area contributed by atoms with Crippen LogP contribution in [0.4, 0.5) is 0 Å². The highest BCUT2D eigenvalue weighted by atomic mass is 14.9. The Morgan fingerprint density at radius 1 is 0.435 bits per heavy atom. The number of hydrogen-bond donors (Lipinski definition) is 0. The Hall–Kier alpha value is -7.72. The average Bonchev–Trinajstić information content (AvgIpc) is 3.92. The van der Waals surface area contributed by atoms with E-state index in [1.807, 2.05) is 0 Å². The first-order chi connectivity index (χ1) is 30.5. The predicted molar refractivity (Wildman–Crippen MR) is 247 cm³/mol. The number of aromatic nitrogens is 1. The highest BCUT2D eigenvalue weighted by molar-refractivity contribution is 6.38. The summed E-state index contributed by atoms with van der Waals surface area (Å²) >= 11 is 0. The molecule has 0 aliphatic heterocycles. The molecule has 0 radical (unpaired) electrons. The smallest absolute Gasteiger partial charge is 0.0995 e. The average molecular weight is 784 g/mol. The number of hydrogen-bond acceptors (Lipinski definition) is 2. The van der Waals surface area contributed by atoms with Gasteiger partial charge in [0.25, 0.3) is 0 Å². The van der Waals surface area contributed by atoms with Crippen LogP contribution in [-0.2, 0) is 5.41 Å². The summed E-state index contributed by atoms with van der Waals surface area (Å²) in [6.45, 7) is 4.86. The third kappa shape index (κ3) is 3.20. The maximum absolute atomic E-state index is 11.4. The summed E-state index contributed by atoms with van der Waals surface area (Å²) < 4.78 is 2.51. The second-order valence-electron chi connectivity index (χ2n) is 19.1. The summed E-state index contributed by atoms with van der Waals surface area (Å²) in [7, 11) is 0. The first-order valence-electron chi connectivity index (χ1n) is 22.0. The molecule has 284 valence electrons. The van der Waals surface area contributed by atoms with Crippen LogP contribution >= 0.6 is 0 Å². The van der Waals surface area contributed by atoms with Crippen LogP contribution in [0.25, 0.3) is 59.6 Å². The zero-order valence-electron chi connectivity index (χ0n) is 33.9. The third-order valence-electron chi connectivity index (χ3n) is 16.4. The Kier molecular flexibility index (Phi) is 5.30. The van der Waals surface area contributed by atoms with Crippen LogP contribution in [0.5, 0.6) is 0 Å². The van der Waals surface area contributed by atoms with E-state index in [-0.39, 0.29) is 29.1 Å². The summed E-state index contributed by atoms with van der Waals surface area (Å²) in [5.41, 5.74) is 22.8. The fourth-order valence-electron chi connectivity index (χ4n) is 14.5. The van der Waals surface area contributed by atoms with E-state index < -0.39 is 0 Å². The summed E-state index contributed by atoms with van der Waals surface area (Å²) in [5, 5.41) is 33.1. The quantitative estimate of drug-likeness (QED) is 0.144. The largest absolute Gasteiger partial charge is 0.308 e. The lowest BCUT2D eigenvalue weighted by Crippen LogP contribution is -2.29. The lowest BCUT2D eigenvalue weighted by molar-refractivity contribution is 0.669. The van der Waals surface area contributed by atoms with Crippen molar-refractivity contribution in [1.29, 1.82) is 10.5 Å². The highest BCUT2D eigenvalue weighted by Gasteiger charge is 2.48. The molecule has 18 rings (SSSR count). The summed E-state index contributed by atoms with van der Waals surface area (Å²) in [6.07, 6.45) is 0. The number of fused-ring (bicyclic) bond motifs is 8. The SMILES string of the molecule is CC1(C)c2cccc3ccc4c(c1c1c5c6c(c(C#N)cc5n5c7cc(C#N)c8c(c7c4c15)C1c4ccccc4C8c4ccccc41)C1c4ccccc4C6c4ccccc41)c23. The van der Waals surface area contributed by atoms with Gasteiger partial charge in [0.05, 0.1) is 39.8 Å². The fraction of sp³-hybridized carbons (Fsp3) is 0.119. The zero-order chi connectivity index (χ0) is 40.7. The predicted octanol–water partition coefficient (Wildman–Crippen LogP) is 13.5. The van der Waals surface area contributed by atoms with E-state index in [1.165, 1.54) is 115 Å². The number of nitriles is 2. The molecular formula is C59H33N3. The molecule has 0 saturated heterocycles. The topological polar surface area (TPSA) is 52.0 Å². The van der Waals surface area contributed by atoms with Gasteiger partial charge >= 0.3 is 0 Å². The zero-order valence-corrected chi connectivity index (χ0v) is 33.9. The van der Waals surface area contributed by atoms with E-state index in [0.29, 0.717) is 0 Å². The van der Waals surface area contributed by atoms with Crippen molar-refractivity contribution in [2.75, 3.05) is 0 Å². The van der Waals surface area contributed by atoms with Gasteiger partial charge in [-0.2, -0.15) is 10.5 Å². The van der Waals surface area contributed by atoms with Crippen molar-refractivity contribution < 1.29 is 0 Å². The van der Waals surface area contributed by atoms with Crippen LogP contribution in [0.15, 0.2) is 140 Å². The van der Waals surface area contributed by atoms with Crippen molar-refractivity contribution in [3.05, 3.63) is 229 Å². The van der Waals surface area contributed by atoms with Crippen molar-refractivity contribution in [1.82, 2.24) is 4.40 Å². The van der Waals surface area contributed by atoms with Gasteiger partial charge in [-0.15, -0.1) is 0 Å². The second-order valence-corrected chi connectivity index (χ2v) is 19.1. The molecule has 2 aromatic heterocycles. The van der Waals surface area contributed by atoms with E-state index in [1.54, 1.807) is 0 Å². The Bertz CT molecular complexity index is 4030. The molecule has 0 spiro atoms. The molecule has 62 heavy (non-hydrogen) atoms. The molecule has 0 fully saturated rings. The first-order valence-corrected chi connectivity index (χ1v) is 22.0. The van der Waals surface area contributed by atoms with Crippen molar-refractivity contribution in [2.45, 2.75) is 42.9 Å². The molecule has 9 aromatic carbocycles. The third-order valence-corrected chi connectivity index (χ3v) is 16.4. The highest BCUT2D eigenvalue weighted by Crippen LogP contribution is 2.65. The van der Waals surface area contributed by atoms with E-state index in [4.69, 9.17) is 0 Å². The molecule has 2 heterocycles. The molecule has 4 bridgehead atoms. The van der Waals surface area contributed by atoms with Gasteiger partial charge < -0.3 is 4.40 Å². The lowest BCUT2D eigenvalue weighted by atomic mass is 9.59. The van der Waals surface area contributed by atoms with E-state index in [0.717, 1.165) is 33.3 Å². The normalized spacial score (nSPS) is 19.9.